The van der Waals surface area contributed by atoms with Gasteiger partial charge in [0, 0.05) is 0 Å². The lowest BCUT2D eigenvalue weighted by Gasteiger charge is -2.41. The smallest absolute Gasteiger partial charge is 0.169 e. The van der Waals surface area contributed by atoms with Crippen molar-refractivity contribution in [1.82, 2.24) is 5.32 Å². The lowest BCUT2D eigenvalue weighted by molar-refractivity contribution is 0.104. The molecule has 3 heteroatoms. The van der Waals surface area contributed by atoms with Crippen molar-refractivity contribution in [2.24, 2.45) is 17.8 Å². The summed E-state index contributed by atoms with van der Waals surface area (Å²) in [5, 5.41) is 3.75. The van der Waals surface area contributed by atoms with E-state index in [0.717, 1.165) is 34.7 Å². The highest BCUT2D eigenvalue weighted by atomic mass is 79.9. The quantitative estimate of drug-likeness (QED) is 0.735. The highest BCUT2D eigenvalue weighted by molar-refractivity contribution is 9.10. The molecule has 118 valence electrons. The molecule has 0 bridgehead atoms. The van der Waals surface area contributed by atoms with Gasteiger partial charge in [0.1, 0.15) is 5.76 Å². The molecule has 4 unspecified atom stereocenters. The fourth-order valence-corrected chi connectivity index (χ4v) is 4.83. The molecule has 0 saturated heterocycles. The van der Waals surface area contributed by atoms with Crippen molar-refractivity contribution in [3.05, 3.63) is 22.6 Å². The molecule has 1 aromatic rings. The van der Waals surface area contributed by atoms with Crippen molar-refractivity contribution in [2.45, 2.75) is 64.3 Å². The number of rotatable bonds is 5. The predicted molar refractivity (Wildman–Crippen MR) is 90.2 cm³/mol. The van der Waals surface area contributed by atoms with Gasteiger partial charge >= 0.3 is 0 Å². The normalized spacial score (nSPS) is 30.9. The summed E-state index contributed by atoms with van der Waals surface area (Å²) in [6.45, 7) is 3.31. The first-order valence-corrected chi connectivity index (χ1v) is 9.56. The highest BCUT2D eigenvalue weighted by Gasteiger charge is 2.36. The molecule has 0 aromatic carbocycles. The molecule has 1 N–H and O–H groups in total. The largest absolute Gasteiger partial charge is 0.453 e. The average Bonchev–Trinajstić information content (AvgIpc) is 2.94. The van der Waals surface area contributed by atoms with E-state index in [-0.39, 0.29) is 0 Å². The van der Waals surface area contributed by atoms with Crippen LogP contribution in [0.2, 0.25) is 0 Å². The molecule has 0 spiro atoms. The Labute approximate surface area is 137 Å². The van der Waals surface area contributed by atoms with Gasteiger partial charge in [-0.15, -0.1) is 0 Å². The molecular formula is C18H28BrNO. The number of nitrogens with one attached hydrogen (secondary N) is 1. The fraction of sp³-hybridized carbons (Fsp3) is 0.778. The third kappa shape index (κ3) is 3.73. The lowest BCUT2D eigenvalue weighted by atomic mass is 9.66. The molecule has 0 radical (unpaired) electrons. The van der Waals surface area contributed by atoms with Crippen molar-refractivity contribution in [3.63, 3.8) is 0 Å². The van der Waals surface area contributed by atoms with Crippen LogP contribution in [0.4, 0.5) is 0 Å². The zero-order chi connectivity index (χ0) is 14.7. The van der Waals surface area contributed by atoms with Crippen molar-refractivity contribution in [2.75, 3.05) is 6.54 Å². The predicted octanol–water partition coefficient (Wildman–Crippen LogP) is 5.69. The van der Waals surface area contributed by atoms with Crippen molar-refractivity contribution < 1.29 is 4.42 Å². The summed E-state index contributed by atoms with van der Waals surface area (Å²) in [6.07, 6.45) is 11.2. The third-order valence-electron chi connectivity index (χ3n) is 5.57. The Morgan fingerprint density at radius 2 is 2.00 bits per heavy atom. The summed E-state index contributed by atoms with van der Waals surface area (Å²) in [6, 6.07) is 4.58. The topological polar surface area (TPSA) is 25.2 Å². The van der Waals surface area contributed by atoms with Gasteiger partial charge in [0.25, 0.3) is 0 Å². The van der Waals surface area contributed by atoms with Crippen LogP contribution in [0.15, 0.2) is 21.2 Å². The van der Waals surface area contributed by atoms with Crippen LogP contribution in [-0.2, 0) is 0 Å². The van der Waals surface area contributed by atoms with Crippen LogP contribution in [-0.4, -0.2) is 6.54 Å². The Hall–Kier alpha value is -0.280. The second kappa shape index (κ2) is 7.32. The van der Waals surface area contributed by atoms with E-state index in [0.29, 0.717) is 6.04 Å². The summed E-state index contributed by atoms with van der Waals surface area (Å²) in [5.74, 6) is 3.86. The first-order valence-electron chi connectivity index (χ1n) is 8.76. The van der Waals surface area contributed by atoms with Crippen LogP contribution in [0.1, 0.15) is 70.1 Å². The second-order valence-corrected chi connectivity index (χ2v) is 7.73. The molecular weight excluding hydrogens is 326 g/mol. The monoisotopic (exact) mass is 353 g/mol. The standard InChI is InChI=1S/C18H28BrNO/c1-2-11-20-18(16-9-10-17(19)21-16)15-8-7-13-5-3-4-6-14(13)12-15/h9-10,13-15,18,20H,2-8,11-12H2,1H3. The molecule has 2 aliphatic rings. The molecule has 1 aromatic heterocycles. The Morgan fingerprint density at radius 3 is 2.71 bits per heavy atom. The molecule has 0 amide bonds. The van der Waals surface area contributed by atoms with Gasteiger partial charge in [0.05, 0.1) is 6.04 Å². The van der Waals surface area contributed by atoms with Gasteiger partial charge in [-0.1, -0.05) is 32.6 Å². The maximum atomic E-state index is 5.89. The van der Waals surface area contributed by atoms with Crippen molar-refractivity contribution >= 4 is 15.9 Å². The summed E-state index contributed by atoms with van der Waals surface area (Å²) in [7, 11) is 0. The van der Waals surface area contributed by atoms with E-state index in [1.165, 1.54) is 51.4 Å². The number of fused-ring (bicyclic) bond motifs is 1. The Bertz CT molecular complexity index is 444. The summed E-state index contributed by atoms with van der Waals surface area (Å²) in [5.41, 5.74) is 0. The first kappa shape index (κ1) is 15.6. The second-order valence-electron chi connectivity index (χ2n) is 6.95. The van der Waals surface area contributed by atoms with Gasteiger partial charge < -0.3 is 9.73 Å². The number of hydrogen-bond donors (Lipinski definition) is 1. The SMILES string of the molecule is CCCNC(c1ccc(Br)o1)C1CCC2CCCCC2C1. The summed E-state index contributed by atoms with van der Waals surface area (Å²) >= 11 is 3.45. The molecule has 2 saturated carbocycles. The minimum atomic E-state index is 0.402. The average molecular weight is 354 g/mol. The minimum absolute atomic E-state index is 0.402. The van der Waals surface area contributed by atoms with E-state index < -0.39 is 0 Å². The molecule has 2 aliphatic carbocycles. The van der Waals surface area contributed by atoms with Crippen LogP contribution in [0.3, 0.4) is 0 Å². The molecule has 0 aliphatic heterocycles. The van der Waals surface area contributed by atoms with Gasteiger partial charge in [0.2, 0.25) is 0 Å². The zero-order valence-electron chi connectivity index (χ0n) is 13.1. The number of furan rings is 1. The zero-order valence-corrected chi connectivity index (χ0v) is 14.7. The lowest BCUT2D eigenvalue weighted by Crippen LogP contribution is -2.35. The molecule has 2 fully saturated rings. The number of hydrogen-bond acceptors (Lipinski definition) is 2. The van der Waals surface area contributed by atoms with E-state index in [4.69, 9.17) is 4.42 Å². The van der Waals surface area contributed by atoms with E-state index in [1.807, 2.05) is 6.07 Å². The molecule has 4 atom stereocenters. The third-order valence-corrected chi connectivity index (χ3v) is 5.99. The van der Waals surface area contributed by atoms with Gasteiger partial charge in [-0.3, -0.25) is 0 Å². The van der Waals surface area contributed by atoms with Gasteiger partial charge in [-0.05, 0) is 78.0 Å². The first-order chi connectivity index (χ1) is 10.3. The summed E-state index contributed by atoms with van der Waals surface area (Å²) < 4.78 is 6.74. The van der Waals surface area contributed by atoms with Crippen LogP contribution < -0.4 is 5.32 Å². The van der Waals surface area contributed by atoms with E-state index in [9.17, 15) is 0 Å². The van der Waals surface area contributed by atoms with Crippen molar-refractivity contribution in [1.29, 1.82) is 0 Å². The fourth-order valence-electron chi connectivity index (χ4n) is 4.51. The van der Waals surface area contributed by atoms with Gasteiger partial charge in [-0.2, -0.15) is 0 Å². The van der Waals surface area contributed by atoms with Gasteiger partial charge in [-0.25, -0.2) is 0 Å². The van der Waals surface area contributed by atoms with Crippen molar-refractivity contribution in [3.8, 4) is 0 Å². The van der Waals surface area contributed by atoms with E-state index >= 15 is 0 Å². The Morgan fingerprint density at radius 1 is 1.19 bits per heavy atom. The van der Waals surface area contributed by atoms with Crippen LogP contribution in [0.5, 0.6) is 0 Å². The number of halogens is 1. The molecule has 21 heavy (non-hydrogen) atoms. The Balaban J connectivity index is 1.70. The molecule has 2 nitrogen and oxygen atoms in total. The maximum absolute atomic E-state index is 5.89. The minimum Gasteiger partial charge on any atom is -0.453 e. The summed E-state index contributed by atoms with van der Waals surface area (Å²) in [4.78, 5) is 0. The van der Waals surface area contributed by atoms with Crippen LogP contribution >= 0.6 is 15.9 Å². The molecule has 3 rings (SSSR count). The van der Waals surface area contributed by atoms with E-state index in [2.05, 4.69) is 34.2 Å². The van der Waals surface area contributed by atoms with E-state index in [1.54, 1.807) is 0 Å². The maximum Gasteiger partial charge on any atom is 0.169 e. The molecule has 1 heterocycles. The van der Waals surface area contributed by atoms with Crippen LogP contribution in [0, 0.1) is 17.8 Å². The highest BCUT2D eigenvalue weighted by Crippen LogP contribution is 2.46. The van der Waals surface area contributed by atoms with Gasteiger partial charge in [0.15, 0.2) is 4.67 Å². The Kier molecular flexibility index (Phi) is 5.44. The van der Waals surface area contributed by atoms with Crippen LogP contribution in [0.25, 0.3) is 0 Å².